The molecule has 0 fully saturated rings. The van der Waals surface area contributed by atoms with E-state index in [0.29, 0.717) is 27.8 Å². The summed E-state index contributed by atoms with van der Waals surface area (Å²) in [6, 6.07) is 11.9. The summed E-state index contributed by atoms with van der Waals surface area (Å²) < 4.78 is 20.4. The number of carbonyl (C=O) groups excluding carboxylic acids is 1. The lowest BCUT2D eigenvalue weighted by atomic mass is 10.1. The number of aryl methyl sites for hydroxylation is 2. The van der Waals surface area contributed by atoms with E-state index in [0.717, 1.165) is 5.69 Å². The minimum atomic E-state index is -0.465. The molecule has 8 nitrogen and oxygen atoms in total. The topological polar surface area (TPSA) is 116 Å². The summed E-state index contributed by atoms with van der Waals surface area (Å²) in [4.78, 5) is 22.6. The predicted molar refractivity (Wildman–Crippen MR) is 123 cm³/mol. The lowest BCUT2D eigenvalue weighted by Gasteiger charge is -2.13. The third-order valence-corrected chi connectivity index (χ3v) is 4.95. The molecule has 0 aliphatic carbocycles. The van der Waals surface area contributed by atoms with Crippen LogP contribution in [0.1, 0.15) is 16.8 Å². The first kappa shape index (κ1) is 21.5. The quantitative estimate of drug-likeness (QED) is 0.352. The Labute approximate surface area is 188 Å². The zero-order valence-electron chi connectivity index (χ0n) is 17.9. The van der Waals surface area contributed by atoms with E-state index in [1.54, 1.807) is 24.3 Å². The lowest BCUT2D eigenvalue weighted by molar-refractivity contribution is -0.111. The summed E-state index contributed by atoms with van der Waals surface area (Å²) >= 11 is 0. The van der Waals surface area contributed by atoms with Crippen LogP contribution in [0.5, 0.6) is 11.6 Å². The van der Waals surface area contributed by atoms with Gasteiger partial charge in [-0.25, -0.2) is 14.4 Å². The molecule has 0 saturated carbocycles. The summed E-state index contributed by atoms with van der Waals surface area (Å²) in [5.74, 6) is -0.309. The number of ether oxygens (including phenoxy) is 1. The van der Waals surface area contributed by atoms with Crippen LogP contribution >= 0.6 is 0 Å². The predicted octanol–water partition coefficient (Wildman–Crippen LogP) is 5.25. The molecule has 3 N–H and O–H groups in total. The van der Waals surface area contributed by atoms with Crippen LogP contribution in [0.4, 0.5) is 21.6 Å². The van der Waals surface area contributed by atoms with E-state index < -0.39 is 5.82 Å². The largest absolute Gasteiger partial charge is 0.437 e. The van der Waals surface area contributed by atoms with Crippen LogP contribution in [0.25, 0.3) is 10.9 Å². The van der Waals surface area contributed by atoms with Crippen LogP contribution in [0.3, 0.4) is 0 Å². The zero-order valence-corrected chi connectivity index (χ0v) is 17.9. The number of amides is 1. The van der Waals surface area contributed by atoms with Crippen molar-refractivity contribution in [2.75, 3.05) is 10.6 Å². The monoisotopic (exact) mass is 442 g/mol. The number of nitrogens with zero attached hydrogens (tertiary/aromatic N) is 3. The van der Waals surface area contributed by atoms with Gasteiger partial charge in [-0.15, -0.1) is 0 Å². The molecule has 33 heavy (non-hydrogen) atoms. The van der Waals surface area contributed by atoms with Crippen molar-refractivity contribution in [2.45, 2.75) is 13.8 Å². The van der Waals surface area contributed by atoms with E-state index in [1.807, 2.05) is 26.0 Å². The third kappa shape index (κ3) is 4.36. The number of fused-ring (bicyclic) bond motifs is 1. The number of H-pyrrole nitrogens is 1. The number of rotatable bonds is 6. The Morgan fingerprint density at radius 3 is 2.64 bits per heavy atom. The number of hydrogen-bond acceptors (Lipinski definition) is 6. The second kappa shape index (κ2) is 8.80. The smallest absolute Gasteiger partial charge is 0.247 e. The minimum absolute atomic E-state index is 0.000950. The number of anilines is 3. The van der Waals surface area contributed by atoms with Crippen LogP contribution < -0.4 is 15.4 Å². The molecule has 0 radical (unpaired) electrons. The van der Waals surface area contributed by atoms with Crippen molar-refractivity contribution in [1.82, 2.24) is 15.0 Å². The highest BCUT2D eigenvalue weighted by molar-refractivity contribution is 5.99. The number of carbonyl (C=O) groups is 1. The van der Waals surface area contributed by atoms with Crippen molar-refractivity contribution in [2.24, 2.45) is 0 Å². The summed E-state index contributed by atoms with van der Waals surface area (Å²) in [7, 11) is 0. The number of nitriles is 1. The third-order valence-electron chi connectivity index (χ3n) is 4.95. The first-order chi connectivity index (χ1) is 15.9. The fraction of sp³-hybridized carbons (Fsp3) is 0.0833. The SMILES string of the molecule is C=CC(=O)Nc1ccc(Nc2ncnc(Oc3cc(F)c4[nH]c(C)cc4c3C)c2C#N)cc1. The van der Waals surface area contributed by atoms with Crippen LogP contribution in [0.15, 0.2) is 55.4 Å². The van der Waals surface area contributed by atoms with Crippen LogP contribution in [-0.2, 0) is 4.79 Å². The van der Waals surface area contributed by atoms with Crippen molar-refractivity contribution in [3.05, 3.63) is 78.0 Å². The van der Waals surface area contributed by atoms with Gasteiger partial charge in [-0.1, -0.05) is 6.58 Å². The van der Waals surface area contributed by atoms with Crippen molar-refractivity contribution < 1.29 is 13.9 Å². The maximum Gasteiger partial charge on any atom is 0.247 e. The molecule has 4 rings (SSSR count). The van der Waals surface area contributed by atoms with Crippen molar-refractivity contribution >= 4 is 34.0 Å². The Balaban J connectivity index is 1.63. The highest BCUT2D eigenvalue weighted by Crippen LogP contribution is 2.35. The second-order valence-electron chi connectivity index (χ2n) is 7.23. The molecule has 0 bridgehead atoms. The van der Waals surface area contributed by atoms with Gasteiger partial charge in [0.15, 0.2) is 17.2 Å². The zero-order chi connectivity index (χ0) is 23.5. The Morgan fingerprint density at radius 2 is 1.94 bits per heavy atom. The fourth-order valence-corrected chi connectivity index (χ4v) is 3.32. The van der Waals surface area contributed by atoms with Gasteiger partial charge >= 0.3 is 0 Å². The number of nitrogens with one attached hydrogen (secondary N) is 3. The molecule has 0 atom stereocenters. The van der Waals surface area contributed by atoms with Gasteiger partial charge in [-0.05, 0) is 50.3 Å². The molecule has 1 amide bonds. The van der Waals surface area contributed by atoms with Gasteiger partial charge in [0.2, 0.25) is 11.8 Å². The number of halogens is 1. The lowest BCUT2D eigenvalue weighted by Crippen LogP contribution is -2.07. The summed E-state index contributed by atoms with van der Waals surface area (Å²) in [6.07, 6.45) is 2.43. The first-order valence-corrected chi connectivity index (χ1v) is 9.91. The molecule has 0 aliphatic rings. The average Bonchev–Trinajstić information content (AvgIpc) is 3.21. The number of hydrogen-bond donors (Lipinski definition) is 3. The second-order valence-corrected chi connectivity index (χ2v) is 7.23. The highest BCUT2D eigenvalue weighted by Gasteiger charge is 2.18. The summed E-state index contributed by atoms with van der Waals surface area (Å²) in [5.41, 5.74) is 3.21. The van der Waals surface area contributed by atoms with Gasteiger partial charge in [0.25, 0.3) is 0 Å². The minimum Gasteiger partial charge on any atom is -0.437 e. The Morgan fingerprint density at radius 1 is 1.21 bits per heavy atom. The van der Waals surface area contributed by atoms with Crippen LogP contribution in [0, 0.1) is 31.0 Å². The molecule has 0 spiro atoms. The van der Waals surface area contributed by atoms with Crippen molar-refractivity contribution in [3.63, 3.8) is 0 Å². The van der Waals surface area contributed by atoms with Gasteiger partial charge in [-0.3, -0.25) is 4.79 Å². The average molecular weight is 442 g/mol. The van der Waals surface area contributed by atoms with Gasteiger partial charge < -0.3 is 20.4 Å². The van der Waals surface area contributed by atoms with E-state index in [2.05, 4.69) is 32.2 Å². The van der Waals surface area contributed by atoms with Gasteiger partial charge in [0.05, 0.1) is 5.52 Å². The molecule has 2 aromatic heterocycles. The van der Waals surface area contributed by atoms with E-state index in [9.17, 15) is 14.4 Å². The molecule has 2 aromatic carbocycles. The molecule has 2 heterocycles. The normalized spacial score (nSPS) is 10.5. The molecule has 4 aromatic rings. The Bertz CT molecular complexity index is 1420. The molecule has 9 heteroatoms. The first-order valence-electron chi connectivity index (χ1n) is 9.91. The van der Waals surface area contributed by atoms with Gasteiger partial charge in [0.1, 0.15) is 18.1 Å². The molecule has 0 aliphatic heterocycles. The van der Waals surface area contributed by atoms with Gasteiger partial charge in [-0.2, -0.15) is 5.26 Å². The molecule has 0 saturated heterocycles. The number of benzene rings is 2. The summed E-state index contributed by atoms with van der Waals surface area (Å²) in [5, 5.41) is 16.1. The maximum atomic E-state index is 14.6. The molecular formula is C24H19FN6O2. The fourth-order valence-electron chi connectivity index (χ4n) is 3.32. The van der Waals surface area contributed by atoms with Crippen molar-refractivity contribution in [3.8, 4) is 17.7 Å². The Kier molecular flexibility index (Phi) is 5.74. The van der Waals surface area contributed by atoms with Crippen LogP contribution in [-0.4, -0.2) is 20.9 Å². The highest BCUT2D eigenvalue weighted by atomic mass is 19.1. The van der Waals surface area contributed by atoms with E-state index in [-0.39, 0.29) is 28.9 Å². The van der Waals surface area contributed by atoms with E-state index in [4.69, 9.17) is 4.74 Å². The van der Waals surface area contributed by atoms with E-state index in [1.165, 1.54) is 18.5 Å². The molecule has 164 valence electrons. The van der Waals surface area contributed by atoms with E-state index >= 15 is 0 Å². The summed E-state index contributed by atoms with van der Waals surface area (Å²) in [6.45, 7) is 7.06. The molecular weight excluding hydrogens is 423 g/mol. The van der Waals surface area contributed by atoms with Crippen LogP contribution in [0.2, 0.25) is 0 Å². The van der Waals surface area contributed by atoms with Crippen molar-refractivity contribution in [1.29, 1.82) is 5.26 Å². The number of aromatic amines is 1. The molecule has 0 unspecified atom stereocenters. The maximum absolute atomic E-state index is 14.6. The van der Waals surface area contributed by atoms with Gasteiger partial charge in [0, 0.05) is 34.1 Å². The Hall–Kier alpha value is -4.71. The standard InChI is InChI=1S/C24H19FN6O2/c1-4-21(32)30-15-5-7-16(8-6-15)31-23-18(11-26)24(28-12-27-23)33-20-10-19(25)22-17(14(20)3)9-13(2)29-22/h4-10,12,29H,1H2,2-3H3,(H,30,32)(H,27,28,31). The number of aromatic nitrogens is 3.